The lowest BCUT2D eigenvalue weighted by Crippen LogP contribution is -2.13. The van der Waals surface area contributed by atoms with Crippen LogP contribution in [0.1, 0.15) is 60.6 Å². The summed E-state index contributed by atoms with van der Waals surface area (Å²) in [5.74, 6) is 2.80. The first kappa shape index (κ1) is 19.3. The van der Waals surface area contributed by atoms with E-state index in [0.29, 0.717) is 0 Å². The minimum atomic E-state index is 0.185. The van der Waals surface area contributed by atoms with Crippen molar-refractivity contribution < 1.29 is 0 Å². The SMILES string of the molecule is C#CC1=C(c2cc(C)cc(CCc3ccc(C)c(C(C)(C)C)c3)c2)CCN1. The van der Waals surface area contributed by atoms with Gasteiger partial charge in [0.25, 0.3) is 0 Å². The standard InChI is InChI=1S/C26H31N/c1-7-25-23(12-13-27-25)22-15-18(2)14-21(16-22)11-10-20-9-8-19(3)24(17-20)26(4,5)6/h1,8-9,14-17,27H,10-13H2,2-6H3. The molecule has 0 radical (unpaired) electrons. The number of aryl methyl sites for hydroxylation is 4. The third kappa shape index (κ3) is 4.45. The van der Waals surface area contributed by atoms with Crippen molar-refractivity contribution >= 4 is 5.57 Å². The lowest BCUT2D eigenvalue weighted by Gasteiger charge is -2.22. The molecule has 0 aromatic heterocycles. The molecule has 1 N–H and O–H groups in total. The van der Waals surface area contributed by atoms with Crippen LogP contribution in [0.25, 0.3) is 5.57 Å². The van der Waals surface area contributed by atoms with Gasteiger partial charge in [0, 0.05) is 6.54 Å². The molecule has 0 amide bonds. The fourth-order valence-electron chi connectivity index (χ4n) is 4.07. The Morgan fingerprint density at radius 2 is 1.74 bits per heavy atom. The molecule has 3 rings (SSSR count). The normalized spacial score (nSPS) is 14.2. The molecule has 0 fully saturated rings. The second-order valence-corrected chi connectivity index (χ2v) is 8.78. The zero-order valence-electron chi connectivity index (χ0n) is 17.4. The van der Waals surface area contributed by atoms with Crippen molar-refractivity contribution in [3.05, 3.63) is 75.5 Å². The topological polar surface area (TPSA) is 12.0 Å². The second-order valence-electron chi connectivity index (χ2n) is 8.78. The second kappa shape index (κ2) is 7.65. The van der Waals surface area contributed by atoms with Gasteiger partial charge >= 0.3 is 0 Å². The molecule has 1 nitrogen and oxygen atoms in total. The molecule has 2 aromatic rings. The monoisotopic (exact) mass is 357 g/mol. The van der Waals surface area contributed by atoms with Gasteiger partial charge < -0.3 is 5.32 Å². The number of rotatable bonds is 4. The highest BCUT2D eigenvalue weighted by atomic mass is 14.9. The van der Waals surface area contributed by atoms with Gasteiger partial charge in [-0.3, -0.25) is 0 Å². The van der Waals surface area contributed by atoms with E-state index in [1.807, 2.05) is 0 Å². The van der Waals surface area contributed by atoms with Crippen LogP contribution in [0, 0.1) is 26.2 Å². The first-order valence-electron chi connectivity index (χ1n) is 9.92. The van der Waals surface area contributed by atoms with Gasteiger partial charge in [0.1, 0.15) is 0 Å². The minimum Gasteiger partial charge on any atom is -0.378 e. The van der Waals surface area contributed by atoms with Gasteiger partial charge in [0.2, 0.25) is 0 Å². The van der Waals surface area contributed by atoms with Crippen LogP contribution in [0.3, 0.4) is 0 Å². The molecule has 1 aliphatic rings. The molecule has 0 spiro atoms. The van der Waals surface area contributed by atoms with Crippen molar-refractivity contribution in [2.45, 2.75) is 59.3 Å². The van der Waals surface area contributed by atoms with E-state index in [2.05, 4.69) is 82.3 Å². The van der Waals surface area contributed by atoms with E-state index in [4.69, 9.17) is 6.42 Å². The van der Waals surface area contributed by atoms with Crippen molar-refractivity contribution in [3.63, 3.8) is 0 Å². The van der Waals surface area contributed by atoms with Gasteiger partial charge in [-0.2, -0.15) is 0 Å². The van der Waals surface area contributed by atoms with E-state index in [-0.39, 0.29) is 5.41 Å². The van der Waals surface area contributed by atoms with Crippen LogP contribution < -0.4 is 5.32 Å². The van der Waals surface area contributed by atoms with Crippen molar-refractivity contribution in [1.29, 1.82) is 0 Å². The molecule has 0 saturated carbocycles. The lowest BCUT2D eigenvalue weighted by atomic mass is 9.82. The fraction of sp³-hybridized carbons (Fsp3) is 0.385. The Morgan fingerprint density at radius 1 is 1.00 bits per heavy atom. The number of hydrogen-bond acceptors (Lipinski definition) is 1. The molecule has 0 unspecified atom stereocenters. The summed E-state index contributed by atoms with van der Waals surface area (Å²) in [6.07, 6.45) is 8.78. The van der Waals surface area contributed by atoms with Gasteiger partial charge in [0.05, 0.1) is 5.70 Å². The van der Waals surface area contributed by atoms with Crippen LogP contribution in [-0.4, -0.2) is 6.54 Å². The maximum absolute atomic E-state index is 5.66. The number of allylic oxidation sites excluding steroid dienone is 1. The quantitative estimate of drug-likeness (QED) is 0.690. The van der Waals surface area contributed by atoms with E-state index in [1.54, 1.807) is 0 Å². The molecule has 0 saturated heterocycles. The van der Waals surface area contributed by atoms with E-state index < -0.39 is 0 Å². The highest BCUT2D eigenvalue weighted by Crippen LogP contribution is 2.29. The molecule has 0 bridgehead atoms. The zero-order valence-corrected chi connectivity index (χ0v) is 17.4. The van der Waals surface area contributed by atoms with Crippen LogP contribution in [0.4, 0.5) is 0 Å². The number of nitrogens with one attached hydrogen (secondary N) is 1. The third-order valence-electron chi connectivity index (χ3n) is 5.42. The molecular weight excluding hydrogens is 326 g/mol. The van der Waals surface area contributed by atoms with Crippen LogP contribution >= 0.6 is 0 Å². The molecule has 1 heterocycles. The van der Waals surface area contributed by atoms with E-state index >= 15 is 0 Å². The summed E-state index contributed by atoms with van der Waals surface area (Å²) in [7, 11) is 0. The average molecular weight is 358 g/mol. The van der Waals surface area contributed by atoms with Gasteiger partial charge in [-0.05, 0) is 71.9 Å². The maximum Gasteiger partial charge on any atom is 0.0889 e. The predicted molar refractivity (Wildman–Crippen MR) is 117 cm³/mol. The predicted octanol–water partition coefficient (Wildman–Crippen LogP) is 5.72. The van der Waals surface area contributed by atoms with E-state index in [9.17, 15) is 0 Å². The summed E-state index contributed by atoms with van der Waals surface area (Å²) in [5, 5.41) is 3.32. The van der Waals surface area contributed by atoms with Crippen molar-refractivity contribution in [2.24, 2.45) is 0 Å². The first-order valence-corrected chi connectivity index (χ1v) is 9.92. The maximum atomic E-state index is 5.66. The van der Waals surface area contributed by atoms with Gasteiger partial charge in [0.15, 0.2) is 0 Å². The number of hydrogen-bond donors (Lipinski definition) is 1. The number of benzene rings is 2. The average Bonchev–Trinajstić information content (AvgIpc) is 3.08. The molecule has 27 heavy (non-hydrogen) atoms. The van der Waals surface area contributed by atoms with Crippen LogP contribution in [-0.2, 0) is 18.3 Å². The van der Waals surface area contributed by atoms with Gasteiger partial charge in [-0.25, -0.2) is 0 Å². The Labute approximate surface area is 164 Å². The Bertz CT molecular complexity index is 916. The van der Waals surface area contributed by atoms with Crippen molar-refractivity contribution in [3.8, 4) is 12.3 Å². The summed E-state index contributed by atoms with van der Waals surface area (Å²) in [6.45, 7) is 12.2. The Balaban J connectivity index is 1.83. The smallest absolute Gasteiger partial charge is 0.0889 e. The summed E-state index contributed by atoms with van der Waals surface area (Å²) >= 11 is 0. The molecule has 1 aliphatic heterocycles. The van der Waals surface area contributed by atoms with Crippen LogP contribution in [0.15, 0.2) is 42.1 Å². The summed E-state index contributed by atoms with van der Waals surface area (Å²) in [5.41, 5.74) is 10.6. The molecule has 0 atom stereocenters. The fourth-order valence-corrected chi connectivity index (χ4v) is 4.07. The summed E-state index contributed by atoms with van der Waals surface area (Å²) < 4.78 is 0. The first-order chi connectivity index (χ1) is 12.8. The van der Waals surface area contributed by atoms with Gasteiger partial charge in [-0.1, -0.05) is 68.7 Å². The number of terminal acetylenes is 1. The van der Waals surface area contributed by atoms with Crippen molar-refractivity contribution in [1.82, 2.24) is 5.32 Å². The Hall–Kier alpha value is -2.46. The Kier molecular flexibility index (Phi) is 5.47. The molecular formula is C26H31N. The van der Waals surface area contributed by atoms with Gasteiger partial charge in [-0.15, -0.1) is 6.42 Å². The molecule has 2 aromatic carbocycles. The third-order valence-corrected chi connectivity index (χ3v) is 5.42. The molecule has 140 valence electrons. The molecule has 1 heteroatoms. The van der Waals surface area contributed by atoms with E-state index in [1.165, 1.54) is 39.0 Å². The molecule has 0 aliphatic carbocycles. The lowest BCUT2D eigenvalue weighted by molar-refractivity contribution is 0.585. The summed E-state index contributed by atoms with van der Waals surface area (Å²) in [4.78, 5) is 0. The summed E-state index contributed by atoms with van der Waals surface area (Å²) in [6, 6.07) is 13.8. The zero-order chi connectivity index (χ0) is 19.6. The largest absolute Gasteiger partial charge is 0.378 e. The Morgan fingerprint density at radius 3 is 2.44 bits per heavy atom. The van der Waals surface area contributed by atoms with Crippen LogP contribution in [0.5, 0.6) is 0 Å². The van der Waals surface area contributed by atoms with Crippen LogP contribution in [0.2, 0.25) is 0 Å². The highest BCUT2D eigenvalue weighted by Gasteiger charge is 2.17. The highest BCUT2D eigenvalue weighted by molar-refractivity contribution is 5.74. The minimum absolute atomic E-state index is 0.185. The van der Waals surface area contributed by atoms with E-state index in [0.717, 1.165) is 31.5 Å². The van der Waals surface area contributed by atoms with Crippen molar-refractivity contribution in [2.75, 3.05) is 6.54 Å².